The normalized spacial score (nSPS) is 14.6. The third-order valence-corrected chi connectivity index (χ3v) is 4.37. The van der Waals surface area contributed by atoms with Crippen molar-refractivity contribution in [1.82, 2.24) is 10.3 Å². The molecule has 0 saturated carbocycles. The van der Waals surface area contributed by atoms with Gasteiger partial charge in [-0.3, -0.25) is 4.98 Å². The number of nitrogens with one attached hydrogen (secondary N) is 1. The van der Waals surface area contributed by atoms with Crippen molar-refractivity contribution in [3.05, 3.63) is 40.1 Å². The van der Waals surface area contributed by atoms with Gasteiger partial charge in [0.05, 0.1) is 5.52 Å². The van der Waals surface area contributed by atoms with Crippen LogP contribution in [-0.2, 0) is 19.4 Å². The highest BCUT2D eigenvalue weighted by molar-refractivity contribution is 5.87. The van der Waals surface area contributed by atoms with Crippen molar-refractivity contribution in [1.29, 1.82) is 0 Å². The molecule has 1 aliphatic carbocycles. The van der Waals surface area contributed by atoms with Gasteiger partial charge in [0, 0.05) is 17.6 Å². The van der Waals surface area contributed by atoms with E-state index >= 15 is 0 Å². The van der Waals surface area contributed by atoms with Gasteiger partial charge in [0.1, 0.15) is 0 Å². The van der Waals surface area contributed by atoms with Crippen LogP contribution in [-0.4, -0.2) is 11.5 Å². The van der Waals surface area contributed by atoms with E-state index in [-0.39, 0.29) is 0 Å². The van der Waals surface area contributed by atoms with Gasteiger partial charge in [-0.2, -0.15) is 0 Å². The third-order valence-electron chi connectivity index (χ3n) is 4.37. The molecule has 0 aliphatic heterocycles. The number of fused-ring (bicyclic) bond motifs is 2. The molecule has 0 atom stereocenters. The average molecular weight is 268 g/mol. The smallest absolute Gasteiger partial charge is 0.0714 e. The highest BCUT2D eigenvalue weighted by Gasteiger charge is 2.18. The van der Waals surface area contributed by atoms with Crippen molar-refractivity contribution in [2.24, 2.45) is 0 Å². The summed E-state index contributed by atoms with van der Waals surface area (Å²) in [6.07, 6.45) is 4.95. The topological polar surface area (TPSA) is 24.9 Å². The largest absolute Gasteiger partial charge is 0.313 e. The maximum atomic E-state index is 4.98. The zero-order valence-corrected chi connectivity index (χ0v) is 12.8. The van der Waals surface area contributed by atoms with Crippen LogP contribution in [0.15, 0.2) is 12.1 Å². The van der Waals surface area contributed by atoms with Crippen LogP contribution in [0.2, 0.25) is 0 Å². The van der Waals surface area contributed by atoms with E-state index in [1.54, 1.807) is 0 Å². The maximum absolute atomic E-state index is 4.98. The van der Waals surface area contributed by atoms with E-state index in [9.17, 15) is 0 Å². The molecule has 0 amide bonds. The van der Waals surface area contributed by atoms with Gasteiger partial charge < -0.3 is 5.32 Å². The Morgan fingerprint density at radius 1 is 1.15 bits per heavy atom. The van der Waals surface area contributed by atoms with Crippen molar-refractivity contribution in [2.75, 3.05) is 6.54 Å². The highest BCUT2D eigenvalue weighted by Crippen LogP contribution is 2.31. The summed E-state index contributed by atoms with van der Waals surface area (Å²) >= 11 is 0. The maximum Gasteiger partial charge on any atom is 0.0714 e. The van der Waals surface area contributed by atoms with Crippen LogP contribution < -0.4 is 5.32 Å². The van der Waals surface area contributed by atoms with E-state index in [4.69, 9.17) is 4.98 Å². The van der Waals surface area contributed by atoms with Crippen molar-refractivity contribution in [3.8, 4) is 0 Å². The van der Waals surface area contributed by atoms with Gasteiger partial charge in [-0.15, -0.1) is 0 Å². The Bertz CT molecular complexity index is 644. The molecule has 0 unspecified atom stereocenters. The molecule has 20 heavy (non-hydrogen) atoms. The van der Waals surface area contributed by atoms with Gasteiger partial charge >= 0.3 is 0 Å². The Kier molecular flexibility index (Phi) is 3.75. The molecule has 106 valence electrons. The number of pyridine rings is 1. The van der Waals surface area contributed by atoms with E-state index in [1.807, 2.05) is 0 Å². The fraction of sp³-hybridized carbons (Fsp3) is 0.500. The fourth-order valence-corrected chi connectivity index (χ4v) is 3.51. The molecule has 0 fully saturated rings. The average Bonchev–Trinajstić information content (AvgIpc) is 2.43. The second-order valence-corrected chi connectivity index (χ2v) is 5.98. The highest BCUT2D eigenvalue weighted by atomic mass is 14.8. The van der Waals surface area contributed by atoms with Crippen LogP contribution in [0, 0.1) is 13.8 Å². The van der Waals surface area contributed by atoms with Gasteiger partial charge in [0.25, 0.3) is 0 Å². The van der Waals surface area contributed by atoms with Crippen molar-refractivity contribution in [2.45, 2.75) is 53.0 Å². The number of hydrogen-bond acceptors (Lipinski definition) is 2. The van der Waals surface area contributed by atoms with Gasteiger partial charge in [-0.1, -0.05) is 13.0 Å². The SMILES string of the molecule is CCNCc1c2c(nc3cc(C)cc(C)c13)CCCC2. The van der Waals surface area contributed by atoms with E-state index < -0.39 is 0 Å². The Morgan fingerprint density at radius 3 is 2.75 bits per heavy atom. The van der Waals surface area contributed by atoms with E-state index in [0.717, 1.165) is 19.5 Å². The van der Waals surface area contributed by atoms with E-state index in [1.165, 1.54) is 58.1 Å². The third kappa shape index (κ3) is 2.33. The number of hydrogen-bond donors (Lipinski definition) is 1. The number of benzene rings is 1. The van der Waals surface area contributed by atoms with Crippen LogP contribution >= 0.6 is 0 Å². The molecular weight excluding hydrogens is 244 g/mol. The Morgan fingerprint density at radius 2 is 1.95 bits per heavy atom. The lowest BCUT2D eigenvalue weighted by Crippen LogP contribution is -2.17. The first kappa shape index (κ1) is 13.6. The summed E-state index contributed by atoms with van der Waals surface area (Å²) in [5.41, 5.74) is 8.25. The zero-order chi connectivity index (χ0) is 14.1. The minimum Gasteiger partial charge on any atom is -0.313 e. The fourth-order valence-electron chi connectivity index (χ4n) is 3.51. The molecule has 2 nitrogen and oxygen atoms in total. The van der Waals surface area contributed by atoms with Crippen LogP contribution in [0.3, 0.4) is 0 Å². The van der Waals surface area contributed by atoms with Crippen LogP contribution in [0.1, 0.15) is 47.7 Å². The Hall–Kier alpha value is -1.41. The second kappa shape index (κ2) is 5.53. The lowest BCUT2D eigenvalue weighted by atomic mass is 9.88. The van der Waals surface area contributed by atoms with E-state index in [2.05, 4.69) is 38.2 Å². The summed E-state index contributed by atoms with van der Waals surface area (Å²) in [6.45, 7) is 8.55. The monoisotopic (exact) mass is 268 g/mol. The number of rotatable bonds is 3. The minimum atomic E-state index is 0.974. The van der Waals surface area contributed by atoms with E-state index in [0.29, 0.717) is 0 Å². The first-order valence-corrected chi connectivity index (χ1v) is 7.83. The van der Waals surface area contributed by atoms with Crippen molar-refractivity contribution < 1.29 is 0 Å². The molecule has 0 spiro atoms. The molecule has 2 aromatic rings. The number of aryl methyl sites for hydroxylation is 3. The molecule has 3 rings (SSSR count). The zero-order valence-electron chi connectivity index (χ0n) is 12.8. The predicted molar refractivity (Wildman–Crippen MR) is 85.2 cm³/mol. The lowest BCUT2D eigenvalue weighted by molar-refractivity contribution is 0.651. The first-order valence-electron chi connectivity index (χ1n) is 7.83. The molecule has 1 aromatic heterocycles. The summed E-state index contributed by atoms with van der Waals surface area (Å²) in [5.74, 6) is 0. The molecule has 1 aliphatic rings. The molecule has 1 aromatic carbocycles. The molecular formula is C18H24N2. The van der Waals surface area contributed by atoms with Crippen molar-refractivity contribution >= 4 is 10.9 Å². The van der Waals surface area contributed by atoms with Crippen LogP contribution in [0.4, 0.5) is 0 Å². The number of aromatic nitrogens is 1. The summed E-state index contributed by atoms with van der Waals surface area (Å²) < 4.78 is 0. The Balaban J connectivity index is 2.27. The van der Waals surface area contributed by atoms with Crippen LogP contribution in [0.25, 0.3) is 10.9 Å². The van der Waals surface area contributed by atoms with Gasteiger partial charge in [0.2, 0.25) is 0 Å². The Labute approximate surface area is 121 Å². The van der Waals surface area contributed by atoms with Gasteiger partial charge in [-0.05, 0) is 74.4 Å². The predicted octanol–water partition coefficient (Wildman–Crippen LogP) is 3.84. The summed E-state index contributed by atoms with van der Waals surface area (Å²) in [4.78, 5) is 4.98. The summed E-state index contributed by atoms with van der Waals surface area (Å²) in [6, 6.07) is 4.53. The number of nitrogens with zero attached hydrogens (tertiary/aromatic N) is 1. The molecule has 1 heterocycles. The molecule has 0 saturated heterocycles. The molecule has 1 N–H and O–H groups in total. The van der Waals surface area contributed by atoms with Gasteiger partial charge in [-0.25, -0.2) is 0 Å². The van der Waals surface area contributed by atoms with Crippen LogP contribution in [0.5, 0.6) is 0 Å². The minimum absolute atomic E-state index is 0.974. The van der Waals surface area contributed by atoms with Gasteiger partial charge in [0.15, 0.2) is 0 Å². The summed E-state index contributed by atoms with van der Waals surface area (Å²) in [7, 11) is 0. The van der Waals surface area contributed by atoms with Crippen molar-refractivity contribution in [3.63, 3.8) is 0 Å². The first-order chi connectivity index (χ1) is 9.70. The molecule has 0 radical (unpaired) electrons. The quantitative estimate of drug-likeness (QED) is 0.915. The lowest BCUT2D eigenvalue weighted by Gasteiger charge is -2.22. The second-order valence-electron chi connectivity index (χ2n) is 5.98. The molecule has 0 bridgehead atoms. The molecule has 2 heteroatoms. The summed E-state index contributed by atoms with van der Waals surface area (Å²) in [5, 5.41) is 4.91. The standard InChI is InChI=1S/C18H24N2/c1-4-19-11-15-14-7-5-6-8-16(14)20-17-10-12(2)9-13(3)18(15)17/h9-10,19H,4-8,11H2,1-3H3.